The standard InChI is InChI=1S/C24H16ClNS/c25-21-15-7-13-19-20-14-8-16-22(24(20)27-23(19)21)26(17-9-3-1-4-10-17)18-11-5-2-6-12-18/h1-16H. The SMILES string of the molecule is Clc1cccc2c1sc1c(N(c3ccccc3)c3ccccc3)cccc12. The second-order valence-corrected chi connectivity index (χ2v) is 7.81. The highest BCUT2D eigenvalue weighted by Gasteiger charge is 2.17. The molecule has 0 aliphatic heterocycles. The number of rotatable bonds is 3. The van der Waals surface area contributed by atoms with Crippen molar-refractivity contribution >= 4 is 60.2 Å². The number of halogens is 1. The summed E-state index contributed by atoms with van der Waals surface area (Å²) in [7, 11) is 0. The summed E-state index contributed by atoms with van der Waals surface area (Å²) in [4.78, 5) is 2.31. The second kappa shape index (κ2) is 6.73. The molecular weight excluding hydrogens is 370 g/mol. The summed E-state index contributed by atoms with van der Waals surface area (Å²) in [5.74, 6) is 0. The predicted molar refractivity (Wildman–Crippen MR) is 119 cm³/mol. The number of anilines is 3. The minimum Gasteiger partial charge on any atom is -0.309 e. The number of thiophene rings is 1. The third-order valence-electron chi connectivity index (χ3n) is 4.73. The van der Waals surface area contributed by atoms with Gasteiger partial charge in [0, 0.05) is 22.1 Å². The summed E-state index contributed by atoms with van der Waals surface area (Å²) < 4.78 is 2.39. The molecule has 5 aromatic rings. The molecular formula is C24H16ClNS. The van der Waals surface area contributed by atoms with Crippen LogP contribution in [0.2, 0.25) is 5.02 Å². The number of fused-ring (bicyclic) bond motifs is 3. The van der Waals surface area contributed by atoms with E-state index < -0.39 is 0 Å². The molecule has 0 N–H and O–H groups in total. The quantitative estimate of drug-likeness (QED) is 0.302. The van der Waals surface area contributed by atoms with Crippen LogP contribution in [0.3, 0.4) is 0 Å². The van der Waals surface area contributed by atoms with E-state index in [1.54, 1.807) is 11.3 Å². The topological polar surface area (TPSA) is 3.24 Å². The van der Waals surface area contributed by atoms with Crippen LogP contribution < -0.4 is 4.90 Å². The molecule has 5 rings (SSSR count). The van der Waals surface area contributed by atoms with Crippen LogP contribution in [0.5, 0.6) is 0 Å². The largest absolute Gasteiger partial charge is 0.309 e. The number of nitrogens with zero attached hydrogens (tertiary/aromatic N) is 1. The molecule has 3 heteroatoms. The smallest absolute Gasteiger partial charge is 0.0640 e. The van der Waals surface area contributed by atoms with Gasteiger partial charge in [0.25, 0.3) is 0 Å². The van der Waals surface area contributed by atoms with Crippen LogP contribution >= 0.6 is 22.9 Å². The maximum Gasteiger partial charge on any atom is 0.0640 e. The monoisotopic (exact) mass is 385 g/mol. The highest BCUT2D eigenvalue weighted by Crippen LogP contribution is 2.45. The fraction of sp³-hybridized carbons (Fsp3) is 0. The van der Waals surface area contributed by atoms with Gasteiger partial charge < -0.3 is 4.90 Å². The molecule has 0 fully saturated rings. The van der Waals surface area contributed by atoms with Crippen molar-refractivity contribution in [2.75, 3.05) is 4.90 Å². The predicted octanol–water partition coefficient (Wildman–Crippen LogP) is 8.18. The van der Waals surface area contributed by atoms with Crippen molar-refractivity contribution in [1.82, 2.24) is 0 Å². The number of hydrogen-bond acceptors (Lipinski definition) is 2. The van der Waals surface area contributed by atoms with E-state index in [0.29, 0.717) is 0 Å². The number of hydrogen-bond donors (Lipinski definition) is 0. The van der Waals surface area contributed by atoms with E-state index in [-0.39, 0.29) is 0 Å². The van der Waals surface area contributed by atoms with Gasteiger partial charge in [-0.3, -0.25) is 0 Å². The van der Waals surface area contributed by atoms with Crippen molar-refractivity contribution in [2.45, 2.75) is 0 Å². The molecule has 0 bridgehead atoms. The molecule has 0 saturated heterocycles. The Morgan fingerprint density at radius 1 is 0.556 bits per heavy atom. The third kappa shape index (κ3) is 2.78. The lowest BCUT2D eigenvalue weighted by Crippen LogP contribution is -2.09. The number of benzene rings is 4. The van der Waals surface area contributed by atoms with Crippen LogP contribution in [-0.2, 0) is 0 Å². The second-order valence-electron chi connectivity index (χ2n) is 6.38. The summed E-state index contributed by atoms with van der Waals surface area (Å²) in [5, 5.41) is 3.27. The minimum atomic E-state index is 0.811. The Labute approximate surface area is 167 Å². The van der Waals surface area contributed by atoms with Crippen LogP contribution in [0, 0.1) is 0 Å². The summed E-state index contributed by atoms with van der Waals surface area (Å²) in [6, 6.07) is 33.6. The molecule has 0 radical (unpaired) electrons. The highest BCUT2D eigenvalue weighted by molar-refractivity contribution is 7.27. The molecule has 0 spiro atoms. The maximum absolute atomic E-state index is 6.49. The minimum absolute atomic E-state index is 0.811. The average molecular weight is 386 g/mol. The highest BCUT2D eigenvalue weighted by atomic mass is 35.5. The Balaban J connectivity index is 1.83. The molecule has 0 unspecified atom stereocenters. The van der Waals surface area contributed by atoms with Gasteiger partial charge in [0.2, 0.25) is 0 Å². The maximum atomic E-state index is 6.49. The van der Waals surface area contributed by atoms with E-state index in [9.17, 15) is 0 Å². The average Bonchev–Trinajstić information content (AvgIpc) is 3.11. The Bertz CT molecular complexity index is 1190. The number of para-hydroxylation sites is 2. The van der Waals surface area contributed by atoms with Gasteiger partial charge in [0.1, 0.15) is 0 Å². The van der Waals surface area contributed by atoms with Gasteiger partial charge in [-0.1, -0.05) is 72.3 Å². The zero-order chi connectivity index (χ0) is 18.2. The van der Waals surface area contributed by atoms with Crippen molar-refractivity contribution < 1.29 is 0 Å². The first-order valence-electron chi connectivity index (χ1n) is 8.83. The molecule has 0 saturated carbocycles. The Kier molecular flexibility index (Phi) is 4.08. The molecule has 1 heterocycles. The lowest BCUT2D eigenvalue weighted by Gasteiger charge is -2.25. The molecule has 0 atom stereocenters. The van der Waals surface area contributed by atoms with E-state index in [1.807, 2.05) is 24.3 Å². The first kappa shape index (κ1) is 16.4. The third-order valence-corrected chi connectivity index (χ3v) is 6.43. The zero-order valence-corrected chi connectivity index (χ0v) is 16.0. The van der Waals surface area contributed by atoms with Gasteiger partial charge in [-0.25, -0.2) is 0 Å². The van der Waals surface area contributed by atoms with E-state index in [1.165, 1.54) is 21.2 Å². The fourth-order valence-electron chi connectivity index (χ4n) is 3.53. The lowest BCUT2D eigenvalue weighted by atomic mass is 10.1. The van der Waals surface area contributed by atoms with Crippen molar-refractivity contribution in [3.05, 3.63) is 102 Å². The normalized spacial score (nSPS) is 11.1. The first-order chi connectivity index (χ1) is 13.3. The summed E-state index contributed by atoms with van der Waals surface area (Å²) in [5.41, 5.74) is 3.45. The van der Waals surface area contributed by atoms with Gasteiger partial charge in [0.15, 0.2) is 0 Å². The van der Waals surface area contributed by atoms with Gasteiger partial charge in [-0.15, -0.1) is 11.3 Å². The Morgan fingerprint density at radius 3 is 1.74 bits per heavy atom. The molecule has 130 valence electrons. The molecule has 27 heavy (non-hydrogen) atoms. The van der Waals surface area contributed by atoms with E-state index in [0.717, 1.165) is 21.1 Å². The summed E-state index contributed by atoms with van der Waals surface area (Å²) >= 11 is 8.25. The van der Waals surface area contributed by atoms with Crippen LogP contribution in [0.1, 0.15) is 0 Å². The summed E-state index contributed by atoms with van der Waals surface area (Å²) in [6.07, 6.45) is 0. The van der Waals surface area contributed by atoms with Crippen molar-refractivity contribution in [2.24, 2.45) is 0 Å². The van der Waals surface area contributed by atoms with Gasteiger partial charge in [-0.2, -0.15) is 0 Å². The Morgan fingerprint density at radius 2 is 1.11 bits per heavy atom. The molecule has 1 nitrogen and oxygen atoms in total. The fourth-order valence-corrected chi connectivity index (χ4v) is 5.03. The van der Waals surface area contributed by atoms with Crippen molar-refractivity contribution in [1.29, 1.82) is 0 Å². The summed E-state index contributed by atoms with van der Waals surface area (Å²) in [6.45, 7) is 0. The molecule has 0 aliphatic rings. The van der Waals surface area contributed by atoms with E-state index in [4.69, 9.17) is 11.6 Å². The van der Waals surface area contributed by atoms with Gasteiger partial charge in [-0.05, 0) is 36.4 Å². The van der Waals surface area contributed by atoms with E-state index >= 15 is 0 Å². The van der Waals surface area contributed by atoms with Gasteiger partial charge >= 0.3 is 0 Å². The van der Waals surface area contributed by atoms with Crippen LogP contribution in [-0.4, -0.2) is 0 Å². The first-order valence-corrected chi connectivity index (χ1v) is 10.0. The van der Waals surface area contributed by atoms with Crippen LogP contribution in [0.25, 0.3) is 20.2 Å². The Hall–Kier alpha value is -2.81. The van der Waals surface area contributed by atoms with E-state index in [2.05, 4.69) is 77.7 Å². The molecule has 0 amide bonds. The van der Waals surface area contributed by atoms with Gasteiger partial charge in [0.05, 0.1) is 20.1 Å². The van der Waals surface area contributed by atoms with Crippen molar-refractivity contribution in [3.63, 3.8) is 0 Å². The van der Waals surface area contributed by atoms with Crippen LogP contribution in [0.15, 0.2) is 97.1 Å². The molecule has 0 aliphatic carbocycles. The lowest BCUT2D eigenvalue weighted by molar-refractivity contribution is 1.30. The molecule has 4 aromatic carbocycles. The van der Waals surface area contributed by atoms with Crippen LogP contribution in [0.4, 0.5) is 17.1 Å². The van der Waals surface area contributed by atoms with Crippen molar-refractivity contribution in [3.8, 4) is 0 Å². The molecule has 1 aromatic heterocycles. The zero-order valence-electron chi connectivity index (χ0n) is 14.5.